The van der Waals surface area contributed by atoms with Crippen molar-refractivity contribution in [3.63, 3.8) is 0 Å². The van der Waals surface area contributed by atoms with E-state index in [1.165, 1.54) is 33.7 Å². The molecule has 2 aliphatic rings. The Morgan fingerprint density at radius 3 is 2.59 bits per heavy atom. The standard InChI is InChI=1S/C27H27F3N8O3/c1-14(2)37-13-19(22(35-37)27(28,29)30)15-5-6-20-21(34-36-38(20)12-15)24(40)33-16-8-26(9-16)10-17(11-26)41-25-18(23(31)39)4-3-7-32-25/h3-7,12-14,16-17H,8-11H2,1-2H3,(H2,31,39)(H,33,40). The van der Waals surface area contributed by atoms with Crippen molar-refractivity contribution in [2.45, 2.75) is 63.9 Å². The lowest BCUT2D eigenvalue weighted by Gasteiger charge is -2.57. The van der Waals surface area contributed by atoms with Crippen LogP contribution in [-0.4, -0.2) is 53.6 Å². The Balaban J connectivity index is 1.09. The van der Waals surface area contributed by atoms with Crippen LogP contribution in [0.25, 0.3) is 16.6 Å². The van der Waals surface area contributed by atoms with E-state index in [2.05, 4.69) is 25.7 Å². The minimum absolute atomic E-state index is 0.0493. The number of hydrogen-bond acceptors (Lipinski definition) is 7. The predicted molar refractivity (Wildman–Crippen MR) is 139 cm³/mol. The third-order valence-electron chi connectivity index (χ3n) is 7.80. The molecule has 41 heavy (non-hydrogen) atoms. The second-order valence-electron chi connectivity index (χ2n) is 11.1. The summed E-state index contributed by atoms with van der Waals surface area (Å²) in [6, 6.07) is 5.93. The number of fused-ring (bicyclic) bond motifs is 1. The molecule has 0 aliphatic heterocycles. The Bertz CT molecular complexity index is 1650. The number of aromatic nitrogens is 6. The van der Waals surface area contributed by atoms with Crippen molar-refractivity contribution in [3.05, 3.63) is 59.8 Å². The first-order chi connectivity index (χ1) is 19.4. The number of alkyl halides is 3. The number of primary amides is 1. The fraction of sp³-hybridized carbons (Fsp3) is 0.407. The van der Waals surface area contributed by atoms with Gasteiger partial charge in [0.2, 0.25) is 5.88 Å². The molecule has 2 saturated carbocycles. The van der Waals surface area contributed by atoms with Crippen molar-refractivity contribution >= 4 is 17.3 Å². The monoisotopic (exact) mass is 568 g/mol. The van der Waals surface area contributed by atoms with E-state index in [0.29, 0.717) is 5.52 Å². The summed E-state index contributed by atoms with van der Waals surface area (Å²) in [5, 5.41) is 14.7. The molecule has 4 aromatic heterocycles. The summed E-state index contributed by atoms with van der Waals surface area (Å²) in [7, 11) is 0. The largest absolute Gasteiger partial charge is 0.474 e. The molecular formula is C27H27F3N8O3. The first-order valence-electron chi connectivity index (χ1n) is 13.2. The molecule has 0 aromatic carbocycles. The van der Waals surface area contributed by atoms with Crippen LogP contribution in [0.5, 0.6) is 5.88 Å². The predicted octanol–water partition coefficient (Wildman–Crippen LogP) is 3.81. The molecule has 6 rings (SSSR count). The summed E-state index contributed by atoms with van der Waals surface area (Å²) >= 11 is 0. The topological polar surface area (TPSA) is 142 Å². The normalized spacial score (nSPS) is 22.0. The van der Waals surface area contributed by atoms with E-state index in [1.54, 1.807) is 32.2 Å². The van der Waals surface area contributed by atoms with E-state index in [1.807, 2.05) is 0 Å². The Labute approximate surface area is 231 Å². The summed E-state index contributed by atoms with van der Waals surface area (Å²) in [5.41, 5.74) is 5.35. The molecule has 0 saturated heterocycles. The Hall–Kier alpha value is -4.49. The summed E-state index contributed by atoms with van der Waals surface area (Å²) < 4.78 is 49.4. The van der Waals surface area contributed by atoms with Gasteiger partial charge in [-0.2, -0.15) is 18.3 Å². The average molecular weight is 569 g/mol. The summed E-state index contributed by atoms with van der Waals surface area (Å²) in [4.78, 5) is 28.7. The van der Waals surface area contributed by atoms with Gasteiger partial charge in [0.05, 0.1) is 5.52 Å². The number of nitrogens with two attached hydrogens (primary N) is 1. The molecule has 2 amide bonds. The van der Waals surface area contributed by atoms with Crippen LogP contribution < -0.4 is 15.8 Å². The van der Waals surface area contributed by atoms with E-state index in [4.69, 9.17) is 10.5 Å². The minimum Gasteiger partial charge on any atom is -0.474 e. The number of rotatable bonds is 7. The molecular weight excluding hydrogens is 541 g/mol. The third kappa shape index (κ3) is 4.87. The molecule has 14 heteroatoms. The van der Waals surface area contributed by atoms with Crippen LogP contribution >= 0.6 is 0 Å². The molecule has 2 aliphatic carbocycles. The molecule has 0 bridgehead atoms. The number of carbonyl (C=O) groups excluding carboxylic acids is 2. The number of ether oxygens (including phenoxy) is 1. The summed E-state index contributed by atoms with van der Waals surface area (Å²) in [6.07, 6.45) is 2.69. The van der Waals surface area contributed by atoms with Crippen molar-refractivity contribution in [1.29, 1.82) is 0 Å². The van der Waals surface area contributed by atoms with Crippen molar-refractivity contribution in [3.8, 4) is 17.0 Å². The van der Waals surface area contributed by atoms with Crippen LogP contribution in [-0.2, 0) is 6.18 Å². The van der Waals surface area contributed by atoms with Crippen LogP contribution in [0.15, 0.2) is 42.9 Å². The third-order valence-corrected chi connectivity index (χ3v) is 7.80. The van der Waals surface area contributed by atoms with Gasteiger partial charge >= 0.3 is 6.18 Å². The molecule has 1 spiro atoms. The molecule has 0 atom stereocenters. The number of hydrogen-bond donors (Lipinski definition) is 2. The van der Waals surface area contributed by atoms with Crippen molar-refractivity contribution in [2.75, 3.05) is 0 Å². The van der Waals surface area contributed by atoms with E-state index < -0.39 is 23.7 Å². The number of nitrogens with one attached hydrogen (secondary N) is 1. The lowest BCUT2D eigenvalue weighted by molar-refractivity contribution is -0.141. The van der Waals surface area contributed by atoms with Gasteiger partial charge in [-0.1, -0.05) is 11.3 Å². The number of amides is 2. The SMILES string of the molecule is CC(C)n1cc(-c2ccc3c(C(=O)NC4CC5(C4)CC(Oc4ncccc4C(N)=O)C5)nnn3c2)c(C(F)(F)F)n1. The molecule has 4 aromatic rings. The molecule has 4 heterocycles. The minimum atomic E-state index is -4.63. The smallest absolute Gasteiger partial charge is 0.435 e. The Morgan fingerprint density at radius 2 is 1.90 bits per heavy atom. The fourth-order valence-electron chi connectivity index (χ4n) is 5.79. The lowest BCUT2D eigenvalue weighted by atomic mass is 9.53. The second kappa shape index (κ2) is 9.56. The van der Waals surface area contributed by atoms with E-state index in [-0.39, 0.29) is 51.9 Å². The van der Waals surface area contributed by atoms with Gasteiger partial charge in [0.1, 0.15) is 11.7 Å². The van der Waals surface area contributed by atoms with Crippen LogP contribution in [0, 0.1) is 5.41 Å². The fourth-order valence-corrected chi connectivity index (χ4v) is 5.79. The van der Waals surface area contributed by atoms with Gasteiger partial charge in [-0.3, -0.25) is 14.3 Å². The summed E-state index contributed by atoms with van der Waals surface area (Å²) in [5.74, 6) is -0.767. The maximum Gasteiger partial charge on any atom is 0.435 e. The number of carbonyl (C=O) groups is 2. The molecule has 214 valence electrons. The Kier molecular flexibility index (Phi) is 6.23. The highest BCUT2D eigenvalue weighted by molar-refractivity contribution is 5.99. The number of halogens is 3. The maximum absolute atomic E-state index is 13.7. The van der Waals surface area contributed by atoms with Gasteiger partial charge in [0.25, 0.3) is 11.8 Å². The highest BCUT2D eigenvalue weighted by atomic mass is 19.4. The van der Waals surface area contributed by atoms with Gasteiger partial charge in [0, 0.05) is 41.8 Å². The van der Waals surface area contributed by atoms with Crippen LogP contribution in [0.3, 0.4) is 0 Å². The molecule has 3 N–H and O–H groups in total. The highest BCUT2D eigenvalue weighted by Crippen LogP contribution is 2.56. The lowest BCUT2D eigenvalue weighted by Crippen LogP contribution is -2.58. The van der Waals surface area contributed by atoms with Gasteiger partial charge in [-0.25, -0.2) is 9.50 Å². The average Bonchev–Trinajstić information content (AvgIpc) is 3.51. The van der Waals surface area contributed by atoms with Crippen molar-refractivity contribution in [1.82, 2.24) is 34.9 Å². The number of pyridine rings is 2. The highest BCUT2D eigenvalue weighted by Gasteiger charge is 2.54. The van der Waals surface area contributed by atoms with Crippen molar-refractivity contribution in [2.24, 2.45) is 11.1 Å². The number of nitrogens with zero attached hydrogens (tertiary/aromatic N) is 6. The first kappa shape index (κ1) is 26.7. The van der Waals surface area contributed by atoms with Crippen LogP contribution in [0.2, 0.25) is 0 Å². The second-order valence-corrected chi connectivity index (χ2v) is 11.1. The molecule has 11 nitrogen and oxygen atoms in total. The quantitative estimate of drug-likeness (QED) is 0.345. The van der Waals surface area contributed by atoms with Gasteiger partial charge in [0.15, 0.2) is 11.4 Å². The van der Waals surface area contributed by atoms with E-state index >= 15 is 0 Å². The molecule has 0 radical (unpaired) electrons. The van der Waals surface area contributed by atoms with E-state index in [0.717, 1.165) is 25.7 Å². The molecule has 2 fully saturated rings. The zero-order chi connectivity index (χ0) is 29.1. The van der Waals surface area contributed by atoms with Gasteiger partial charge in [-0.05, 0) is 63.1 Å². The maximum atomic E-state index is 13.7. The van der Waals surface area contributed by atoms with Crippen molar-refractivity contribution < 1.29 is 27.5 Å². The summed E-state index contributed by atoms with van der Waals surface area (Å²) in [6.45, 7) is 3.49. The Morgan fingerprint density at radius 1 is 1.15 bits per heavy atom. The van der Waals surface area contributed by atoms with Crippen LogP contribution in [0.4, 0.5) is 13.2 Å². The van der Waals surface area contributed by atoms with Crippen LogP contribution in [0.1, 0.15) is 72.1 Å². The first-order valence-corrected chi connectivity index (χ1v) is 13.2. The van der Waals surface area contributed by atoms with Gasteiger partial charge in [-0.15, -0.1) is 5.10 Å². The zero-order valence-electron chi connectivity index (χ0n) is 22.2. The zero-order valence-corrected chi connectivity index (χ0v) is 22.2. The molecule has 0 unspecified atom stereocenters. The van der Waals surface area contributed by atoms with Gasteiger partial charge < -0.3 is 15.8 Å². The van der Waals surface area contributed by atoms with E-state index in [9.17, 15) is 22.8 Å².